The van der Waals surface area contributed by atoms with Gasteiger partial charge in [-0.1, -0.05) is 25.1 Å². The molecule has 2 aromatic carbocycles. The van der Waals surface area contributed by atoms with Gasteiger partial charge in [0.1, 0.15) is 22.7 Å². The first-order valence-electron chi connectivity index (χ1n) is 11.5. The van der Waals surface area contributed by atoms with Gasteiger partial charge in [-0.15, -0.1) is 11.3 Å². The molecule has 0 spiro atoms. The Balaban J connectivity index is 1.30. The monoisotopic (exact) mass is 494 g/mol. The van der Waals surface area contributed by atoms with Gasteiger partial charge in [0.25, 0.3) is 5.91 Å². The van der Waals surface area contributed by atoms with Gasteiger partial charge in [-0.2, -0.15) is 0 Å². The molecule has 2 aromatic heterocycles. The number of rotatable bonds is 12. The maximum Gasteiger partial charge on any atom is 0.251 e. The highest BCUT2D eigenvalue weighted by Gasteiger charge is 2.14. The van der Waals surface area contributed by atoms with Crippen LogP contribution >= 0.6 is 11.3 Å². The SMILES string of the molecule is CCNCCNC(=O)c1cccc(OCCCOc2ncnc3scc(-c4ccc(F)cc4)c23)c1. The molecular weight excluding hydrogens is 467 g/mol. The lowest BCUT2D eigenvalue weighted by molar-refractivity contribution is 0.0953. The minimum atomic E-state index is -0.281. The summed E-state index contributed by atoms with van der Waals surface area (Å²) in [4.78, 5) is 21.7. The van der Waals surface area contributed by atoms with Crippen LogP contribution in [-0.4, -0.2) is 48.7 Å². The van der Waals surface area contributed by atoms with E-state index in [-0.39, 0.29) is 11.7 Å². The van der Waals surface area contributed by atoms with Gasteiger partial charge in [0, 0.05) is 36.0 Å². The number of amides is 1. The lowest BCUT2D eigenvalue weighted by Gasteiger charge is -2.10. The Kier molecular flexibility index (Phi) is 8.58. The van der Waals surface area contributed by atoms with Gasteiger partial charge in [-0.25, -0.2) is 14.4 Å². The summed E-state index contributed by atoms with van der Waals surface area (Å²) in [6, 6.07) is 13.5. The summed E-state index contributed by atoms with van der Waals surface area (Å²) in [5.74, 6) is 0.714. The molecule has 0 atom stereocenters. The van der Waals surface area contributed by atoms with Crippen molar-refractivity contribution in [2.24, 2.45) is 0 Å². The molecule has 0 saturated carbocycles. The molecule has 0 saturated heterocycles. The quantitative estimate of drug-likeness (QED) is 0.278. The number of likely N-dealkylation sites (N-methyl/N-ethyl adjacent to an activating group) is 1. The highest BCUT2D eigenvalue weighted by molar-refractivity contribution is 7.17. The van der Waals surface area contributed by atoms with Crippen LogP contribution < -0.4 is 20.1 Å². The zero-order valence-electron chi connectivity index (χ0n) is 19.4. The molecule has 0 radical (unpaired) electrons. The number of benzene rings is 2. The number of hydrogen-bond acceptors (Lipinski definition) is 7. The van der Waals surface area contributed by atoms with Crippen molar-refractivity contribution < 1.29 is 18.7 Å². The van der Waals surface area contributed by atoms with Crippen LogP contribution in [0, 0.1) is 5.82 Å². The van der Waals surface area contributed by atoms with E-state index >= 15 is 0 Å². The minimum Gasteiger partial charge on any atom is -0.493 e. The van der Waals surface area contributed by atoms with E-state index in [0.29, 0.717) is 43.4 Å². The fourth-order valence-corrected chi connectivity index (χ4v) is 4.39. The number of nitrogens with zero attached hydrogens (tertiary/aromatic N) is 2. The summed E-state index contributed by atoms with van der Waals surface area (Å²) < 4.78 is 25.1. The first kappa shape index (κ1) is 24.6. The van der Waals surface area contributed by atoms with Crippen molar-refractivity contribution in [3.05, 3.63) is 71.6 Å². The van der Waals surface area contributed by atoms with E-state index < -0.39 is 0 Å². The summed E-state index contributed by atoms with van der Waals surface area (Å²) in [6.45, 7) is 5.01. The molecule has 0 aliphatic carbocycles. The summed E-state index contributed by atoms with van der Waals surface area (Å²) in [6.07, 6.45) is 2.11. The topological polar surface area (TPSA) is 85.4 Å². The lowest BCUT2D eigenvalue weighted by Crippen LogP contribution is -2.31. The first-order valence-corrected chi connectivity index (χ1v) is 12.4. The second kappa shape index (κ2) is 12.2. The molecule has 2 heterocycles. The molecule has 35 heavy (non-hydrogen) atoms. The number of nitrogens with one attached hydrogen (secondary N) is 2. The van der Waals surface area contributed by atoms with Crippen LogP contribution in [0.25, 0.3) is 21.3 Å². The molecule has 4 rings (SSSR count). The van der Waals surface area contributed by atoms with Gasteiger partial charge in [-0.3, -0.25) is 4.79 Å². The van der Waals surface area contributed by atoms with Crippen molar-refractivity contribution in [1.29, 1.82) is 0 Å². The molecule has 4 aromatic rings. The maximum absolute atomic E-state index is 13.3. The Labute approximate surface area is 207 Å². The number of carbonyl (C=O) groups excluding carboxylic acids is 1. The minimum absolute atomic E-state index is 0.128. The largest absolute Gasteiger partial charge is 0.493 e. The highest BCUT2D eigenvalue weighted by atomic mass is 32.1. The predicted molar refractivity (Wildman–Crippen MR) is 136 cm³/mol. The van der Waals surface area contributed by atoms with Gasteiger partial charge in [0.05, 0.1) is 18.6 Å². The lowest BCUT2D eigenvalue weighted by atomic mass is 10.1. The average Bonchev–Trinajstić information content (AvgIpc) is 3.32. The molecule has 9 heteroatoms. The van der Waals surface area contributed by atoms with E-state index in [0.717, 1.165) is 34.4 Å². The number of hydrogen-bond donors (Lipinski definition) is 2. The van der Waals surface area contributed by atoms with Crippen molar-refractivity contribution in [3.63, 3.8) is 0 Å². The third-order valence-electron chi connectivity index (χ3n) is 5.22. The molecule has 0 aliphatic rings. The van der Waals surface area contributed by atoms with E-state index in [9.17, 15) is 9.18 Å². The van der Waals surface area contributed by atoms with Crippen LogP contribution in [0.15, 0.2) is 60.2 Å². The Morgan fingerprint density at radius 2 is 1.89 bits per heavy atom. The van der Waals surface area contributed by atoms with Crippen LogP contribution in [0.2, 0.25) is 0 Å². The molecular formula is C26H27FN4O3S. The number of thiophene rings is 1. The summed E-state index contributed by atoms with van der Waals surface area (Å²) >= 11 is 1.49. The van der Waals surface area contributed by atoms with Crippen molar-refractivity contribution in [2.45, 2.75) is 13.3 Å². The van der Waals surface area contributed by atoms with Crippen LogP contribution in [-0.2, 0) is 0 Å². The molecule has 1 amide bonds. The molecule has 2 N–H and O–H groups in total. The van der Waals surface area contributed by atoms with Gasteiger partial charge in [0.15, 0.2) is 0 Å². The normalized spacial score (nSPS) is 10.9. The van der Waals surface area contributed by atoms with E-state index in [1.807, 2.05) is 18.4 Å². The number of ether oxygens (including phenoxy) is 2. The van der Waals surface area contributed by atoms with Crippen molar-refractivity contribution in [2.75, 3.05) is 32.8 Å². The van der Waals surface area contributed by atoms with Crippen LogP contribution in [0.5, 0.6) is 11.6 Å². The molecule has 182 valence electrons. The van der Waals surface area contributed by atoms with Gasteiger partial charge in [0.2, 0.25) is 5.88 Å². The third kappa shape index (κ3) is 6.52. The molecule has 0 unspecified atom stereocenters. The zero-order chi connectivity index (χ0) is 24.5. The fourth-order valence-electron chi connectivity index (χ4n) is 3.49. The smallest absolute Gasteiger partial charge is 0.251 e. The van der Waals surface area contributed by atoms with Gasteiger partial charge < -0.3 is 20.1 Å². The number of halogens is 1. The molecule has 7 nitrogen and oxygen atoms in total. The van der Waals surface area contributed by atoms with Gasteiger partial charge >= 0.3 is 0 Å². The summed E-state index contributed by atoms with van der Waals surface area (Å²) in [5, 5.41) is 8.84. The Morgan fingerprint density at radius 3 is 2.71 bits per heavy atom. The third-order valence-corrected chi connectivity index (χ3v) is 6.11. The van der Waals surface area contributed by atoms with Crippen LogP contribution in [0.1, 0.15) is 23.7 Å². The number of fused-ring (bicyclic) bond motifs is 1. The first-order chi connectivity index (χ1) is 17.2. The number of carbonyl (C=O) groups is 1. The predicted octanol–water partition coefficient (Wildman–Crippen LogP) is 4.68. The second-order valence-electron chi connectivity index (χ2n) is 7.70. The zero-order valence-corrected chi connectivity index (χ0v) is 20.2. The average molecular weight is 495 g/mol. The molecule has 0 aliphatic heterocycles. The Bertz CT molecular complexity index is 1260. The van der Waals surface area contributed by atoms with E-state index in [1.165, 1.54) is 29.8 Å². The van der Waals surface area contributed by atoms with Crippen LogP contribution in [0.3, 0.4) is 0 Å². The Morgan fingerprint density at radius 1 is 1.06 bits per heavy atom. The van der Waals surface area contributed by atoms with Crippen molar-refractivity contribution in [1.82, 2.24) is 20.6 Å². The summed E-state index contributed by atoms with van der Waals surface area (Å²) in [7, 11) is 0. The van der Waals surface area contributed by atoms with Gasteiger partial charge in [-0.05, 0) is 42.4 Å². The van der Waals surface area contributed by atoms with E-state index in [1.54, 1.807) is 30.3 Å². The molecule has 0 fully saturated rings. The van der Waals surface area contributed by atoms with Crippen LogP contribution in [0.4, 0.5) is 4.39 Å². The van der Waals surface area contributed by atoms with E-state index in [4.69, 9.17) is 9.47 Å². The van der Waals surface area contributed by atoms with E-state index in [2.05, 4.69) is 20.6 Å². The standard InChI is InChI=1S/C26H27FN4O3S/c1-2-28-11-12-29-24(32)19-5-3-6-21(15-19)33-13-4-14-34-25-23-22(16-35-26(23)31-17-30-25)18-7-9-20(27)10-8-18/h3,5-10,15-17,28H,2,4,11-14H2,1H3,(H,29,32). The van der Waals surface area contributed by atoms with Crippen molar-refractivity contribution in [3.8, 4) is 22.8 Å². The van der Waals surface area contributed by atoms with Crippen molar-refractivity contribution >= 4 is 27.5 Å². The molecule has 0 bridgehead atoms. The highest BCUT2D eigenvalue weighted by Crippen LogP contribution is 2.37. The second-order valence-corrected chi connectivity index (χ2v) is 8.56. The summed E-state index contributed by atoms with van der Waals surface area (Å²) in [5.41, 5.74) is 2.35. The number of aromatic nitrogens is 2. The fraction of sp³-hybridized carbons (Fsp3) is 0.269. The Hall–Kier alpha value is -3.56. The maximum atomic E-state index is 13.3.